The maximum absolute atomic E-state index is 12.1. The van der Waals surface area contributed by atoms with Crippen molar-refractivity contribution in [1.29, 1.82) is 0 Å². The second-order valence-corrected chi connectivity index (χ2v) is 10.0. The number of hydrogen-bond donors (Lipinski definition) is 10. The Morgan fingerprint density at radius 1 is 0.634 bits per heavy atom. The van der Waals surface area contributed by atoms with Crippen LogP contribution in [0, 0.1) is 0 Å². The standard InChI is InChI=1S/C23H40N2O16/c1-7(29)24-12-16(33)18(40-23-17(34)20(36-3)15(32)10(5-27)38-23)11(6-28)39-22(12)41-19-13(25-8(2)30)21(35)37-9(4-26)14(19)31/h9-23,26-28,31-35H,4-6H2,1-3H3,(H,24,29)(H,25,30)/t9-,10-,11-,12-,13-,14+,15+,16-,17-,18-,19-,20+,21-,22+,23+/m1/s1. The summed E-state index contributed by atoms with van der Waals surface area (Å²) in [6, 6.07) is -2.85. The van der Waals surface area contributed by atoms with Gasteiger partial charge in [-0.3, -0.25) is 9.59 Å². The number of nitrogens with one attached hydrogen (secondary N) is 2. The van der Waals surface area contributed by atoms with Crippen LogP contribution in [0.1, 0.15) is 13.8 Å². The van der Waals surface area contributed by atoms with E-state index in [1.165, 1.54) is 7.11 Å². The molecule has 3 saturated heterocycles. The lowest BCUT2D eigenvalue weighted by Crippen LogP contribution is -2.70. The minimum atomic E-state index is -1.74. The molecular weight excluding hydrogens is 560 g/mol. The first-order chi connectivity index (χ1) is 19.4. The van der Waals surface area contributed by atoms with Crippen LogP contribution in [-0.4, -0.2) is 172 Å². The zero-order chi connectivity index (χ0) is 30.6. The van der Waals surface area contributed by atoms with E-state index in [0.29, 0.717) is 0 Å². The van der Waals surface area contributed by atoms with E-state index in [9.17, 15) is 50.4 Å². The second kappa shape index (κ2) is 14.7. The molecule has 3 rings (SSSR count). The van der Waals surface area contributed by atoms with Crippen LogP contribution in [0.5, 0.6) is 0 Å². The lowest BCUT2D eigenvalue weighted by atomic mass is 9.94. The highest BCUT2D eigenvalue weighted by Gasteiger charge is 2.54. The van der Waals surface area contributed by atoms with Crippen molar-refractivity contribution in [2.24, 2.45) is 0 Å². The molecule has 41 heavy (non-hydrogen) atoms. The van der Waals surface area contributed by atoms with Crippen molar-refractivity contribution in [2.75, 3.05) is 26.9 Å². The monoisotopic (exact) mass is 600 g/mol. The van der Waals surface area contributed by atoms with Crippen molar-refractivity contribution in [3.8, 4) is 0 Å². The lowest BCUT2D eigenvalue weighted by Gasteiger charge is -2.49. The van der Waals surface area contributed by atoms with E-state index in [2.05, 4.69) is 10.6 Å². The summed E-state index contributed by atoms with van der Waals surface area (Å²) in [5.74, 6) is -1.29. The Balaban J connectivity index is 1.88. The summed E-state index contributed by atoms with van der Waals surface area (Å²) in [7, 11) is 1.20. The van der Waals surface area contributed by atoms with E-state index < -0.39 is 124 Å². The molecular formula is C23H40N2O16. The van der Waals surface area contributed by atoms with Gasteiger partial charge in [0.2, 0.25) is 11.8 Å². The summed E-state index contributed by atoms with van der Waals surface area (Å²) in [5, 5.41) is 87.4. The number of ether oxygens (including phenoxy) is 6. The molecule has 3 aliphatic rings. The smallest absolute Gasteiger partial charge is 0.217 e. The third-order valence-electron chi connectivity index (χ3n) is 7.14. The fourth-order valence-electron chi connectivity index (χ4n) is 5.13. The number of amides is 2. The molecule has 0 saturated carbocycles. The Hall–Kier alpha value is -1.62. The molecule has 238 valence electrons. The van der Waals surface area contributed by atoms with Crippen molar-refractivity contribution >= 4 is 11.8 Å². The van der Waals surface area contributed by atoms with E-state index in [-0.39, 0.29) is 0 Å². The second-order valence-electron chi connectivity index (χ2n) is 10.0. The number of methoxy groups -OCH3 is 1. The van der Waals surface area contributed by atoms with Crippen LogP contribution >= 0.6 is 0 Å². The molecule has 3 heterocycles. The topological polar surface area (TPSA) is 275 Å². The zero-order valence-corrected chi connectivity index (χ0v) is 22.6. The molecule has 0 aliphatic carbocycles. The molecule has 0 unspecified atom stereocenters. The summed E-state index contributed by atoms with van der Waals surface area (Å²) in [4.78, 5) is 23.8. The summed E-state index contributed by atoms with van der Waals surface area (Å²) >= 11 is 0. The van der Waals surface area contributed by atoms with Gasteiger partial charge in [-0.1, -0.05) is 0 Å². The van der Waals surface area contributed by atoms with Crippen LogP contribution in [0.15, 0.2) is 0 Å². The summed E-state index contributed by atoms with van der Waals surface area (Å²) in [6.07, 6.45) is -19.7. The number of carbonyl (C=O) groups is 2. The molecule has 18 nitrogen and oxygen atoms in total. The van der Waals surface area contributed by atoms with E-state index in [1.54, 1.807) is 0 Å². The molecule has 0 aromatic heterocycles. The van der Waals surface area contributed by atoms with Gasteiger partial charge in [0.1, 0.15) is 73.1 Å². The summed E-state index contributed by atoms with van der Waals surface area (Å²) < 4.78 is 33.1. The quantitative estimate of drug-likeness (QED) is 0.112. The molecule has 0 bridgehead atoms. The summed E-state index contributed by atoms with van der Waals surface area (Å²) in [5.41, 5.74) is 0. The summed E-state index contributed by atoms with van der Waals surface area (Å²) in [6.45, 7) is 0.0461. The van der Waals surface area contributed by atoms with E-state index in [4.69, 9.17) is 28.4 Å². The van der Waals surface area contributed by atoms with Crippen LogP contribution in [0.2, 0.25) is 0 Å². The maximum atomic E-state index is 12.1. The van der Waals surface area contributed by atoms with Gasteiger partial charge < -0.3 is 79.9 Å². The van der Waals surface area contributed by atoms with Gasteiger partial charge in [0.05, 0.1) is 19.8 Å². The van der Waals surface area contributed by atoms with Gasteiger partial charge in [0, 0.05) is 21.0 Å². The van der Waals surface area contributed by atoms with Crippen molar-refractivity contribution in [3.05, 3.63) is 0 Å². The van der Waals surface area contributed by atoms with Gasteiger partial charge in [-0.25, -0.2) is 0 Å². The first kappa shape index (κ1) is 33.9. The van der Waals surface area contributed by atoms with Gasteiger partial charge in [-0.2, -0.15) is 0 Å². The van der Waals surface area contributed by atoms with Crippen LogP contribution in [0.3, 0.4) is 0 Å². The van der Waals surface area contributed by atoms with E-state index >= 15 is 0 Å². The van der Waals surface area contributed by atoms with Crippen LogP contribution in [-0.2, 0) is 38.0 Å². The average molecular weight is 601 g/mol. The predicted molar refractivity (Wildman–Crippen MR) is 129 cm³/mol. The molecule has 18 heteroatoms. The first-order valence-corrected chi connectivity index (χ1v) is 13.0. The number of aliphatic hydroxyl groups excluding tert-OH is 8. The molecule has 10 N–H and O–H groups in total. The Bertz CT molecular complexity index is 870. The predicted octanol–water partition coefficient (Wildman–Crippen LogP) is -6.63. The fourth-order valence-corrected chi connectivity index (χ4v) is 5.13. The average Bonchev–Trinajstić information content (AvgIpc) is 2.92. The molecule has 0 radical (unpaired) electrons. The first-order valence-electron chi connectivity index (χ1n) is 13.0. The third kappa shape index (κ3) is 7.48. The Morgan fingerprint density at radius 3 is 1.66 bits per heavy atom. The molecule has 3 fully saturated rings. The fraction of sp³-hybridized carbons (Fsp3) is 0.913. The number of carbonyl (C=O) groups excluding carboxylic acids is 2. The van der Waals surface area contributed by atoms with Gasteiger partial charge >= 0.3 is 0 Å². The van der Waals surface area contributed by atoms with Crippen LogP contribution in [0.25, 0.3) is 0 Å². The minimum absolute atomic E-state index is 0.627. The number of rotatable bonds is 10. The van der Waals surface area contributed by atoms with Gasteiger partial charge in [0.25, 0.3) is 0 Å². The Morgan fingerprint density at radius 2 is 1.12 bits per heavy atom. The normalized spacial score (nSPS) is 45.2. The molecule has 0 aromatic carbocycles. The van der Waals surface area contributed by atoms with Gasteiger partial charge in [0.15, 0.2) is 18.9 Å². The molecule has 2 amide bonds. The zero-order valence-electron chi connectivity index (χ0n) is 22.6. The Kier molecular flexibility index (Phi) is 12.2. The Labute approximate surface area is 234 Å². The number of aliphatic hydroxyl groups is 8. The van der Waals surface area contributed by atoms with Gasteiger partial charge in [-0.15, -0.1) is 0 Å². The molecule has 0 spiro atoms. The van der Waals surface area contributed by atoms with E-state index in [1.807, 2.05) is 0 Å². The van der Waals surface area contributed by atoms with Crippen molar-refractivity contribution < 1.29 is 78.9 Å². The van der Waals surface area contributed by atoms with Crippen molar-refractivity contribution in [3.63, 3.8) is 0 Å². The minimum Gasteiger partial charge on any atom is -0.394 e. The maximum Gasteiger partial charge on any atom is 0.217 e. The van der Waals surface area contributed by atoms with E-state index in [0.717, 1.165) is 13.8 Å². The van der Waals surface area contributed by atoms with Crippen LogP contribution < -0.4 is 10.6 Å². The van der Waals surface area contributed by atoms with Crippen LogP contribution in [0.4, 0.5) is 0 Å². The van der Waals surface area contributed by atoms with Gasteiger partial charge in [-0.05, 0) is 0 Å². The SMILES string of the molecule is CO[C@H]1[C@@H](O)[C@@H](CO)O[C@@H](O[C@H]2[C@H](O)[C@@H](NC(C)=O)[C@H](O[C@H]3[C@@H](O)[C@@H](CO)O[C@@H](O)[C@@H]3NC(C)=O)O[C@@H]2CO)[C@@H]1O. The van der Waals surface area contributed by atoms with Crippen molar-refractivity contribution in [2.45, 2.75) is 106 Å². The molecule has 3 aliphatic heterocycles. The molecule has 0 aromatic rings. The van der Waals surface area contributed by atoms with Crippen molar-refractivity contribution in [1.82, 2.24) is 10.6 Å². The lowest BCUT2D eigenvalue weighted by molar-refractivity contribution is -0.360. The molecule has 15 atom stereocenters. The highest BCUT2D eigenvalue weighted by molar-refractivity contribution is 5.73. The highest BCUT2D eigenvalue weighted by atomic mass is 16.7. The number of hydrogen-bond acceptors (Lipinski definition) is 16. The third-order valence-corrected chi connectivity index (χ3v) is 7.14. The largest absolute Gasteiger partial charge is 0.394 e. The highest BCUT2D eigenvalue weighted by Crippen LogP contribution is 2.32.